The monoisotopic (exact) mass is 242 g/mol. The summed E-state index contributed by atoms with van der Waals surface area (Å²) in [4.78, 5) is 19.8. The maximum atomic E-state index is 11.6. The number of nitrogen functional groups attached to an aromatic ring is 1. The standard InChI is InChI=1S/C13H14N4O/c1-8-3-5-9(6-4-8)10-7-16-12(14)11(17-10)13(18)15-2/h3-7H,1-2H3,(H2,14,16)(H,15,18). The van der Waals surface area contributed by atoms with Crippen molar-refractivity contribution >= 4 is 11.7 Å². The molecule has 1 amide bonds. The molecule has 1 heterocycles. The van der Waals surface area contributed by atoms with Crippen molar-refractivity contribution in [1.29, 1.82) is 0 Å². The van der Waals surface area contributed by atoms with Crippen LogP contribution in [0.4, 0.5) is 5.82 Å². The number of nitrogens with one attached hydrogen (secondary N) is 1. The second kappa shape index (κ2) is 4.83. The summed E-state index contributed by atoms with van der Waals surface area (Å²) in [5.74, 6) is -0.209. The Kier molecular flexibility index (Phi) is 3.23. The van der Waals surface area contributed by atoms with Crippen molar-refractivity contribution in [2.45, 2.75) is 6.92 Å². The lowest BCUT2D eigenvalue weighted by atomic mass is 10.1. The van der Waals surface area contributed by atoms with Gasteiger partial charge >= 0.3 is 0 Å². The highest BCUT2D eigenvalue weighted by molar-refractivity contribution is 5.96. The Bertz CT molecular complexity index is 578. The molecule has 0 saturated heterocycles. The maximum absolute atomic E-state index is 11.6. The second-order valence-electron chi connectivity index (χ2n) is 3.93. The lowest BCUT2D eigenvalue weighted by molar-refractivity contribution is 0.0959. The molecule has 0 radical (unpaired) electrons. The number of carbonyl (C=O) groups excluding carboxylic acids is 1. The largest absolute Gasteiger partial charge is 0.382 e. The second-order valence-corrected chi connectivity index (χ2v) is 3.93. The number of hydrogen-bond donors (Lipinski definition) is 2. The van der Waals surface area contributed by atoms with Crippen LogP contribution in [0.25, 0.3) is 11.3 Å². The summed E-state index contributed by atoms with van der Waals surface area (Å²) in [6.07, 6.45) is 1.56. The van der Waals surface area contributed by atoms with Gasteiger partial charge in [0, 0.05) is 12.6 Å². The van der Waals surface area contributed by atoms with Crippen LogP contribution >= 0.6 is 0 Å². The Morgan fingerprint density at radius 3 is 2.56 bits per heavy atom. The van der Waals surface area contributed by atoms with Gasteiger partial charge in [0.25, 0.3) is 5.91 Å². The number of rotatable bonds is 2. The normalized spacial score (nSPS) is 10.1. The fourth-order valence-corrected chi connectivity index (χ4v) is 1.55. The molecule has 3 N–H and O–H groups in total. The molecule has 5 heteroatoms. The predicted molar refractivity (Wildman–Crippen MR) is 70.0 cm³/mol. The van der Waals surface area contributed by atoms with E-state index in [0.717, 1.165) is 11.1 Å². The minimum atomic E-state index is -0.339. The van der Waals surface area contributed by atoms with Gasteiger partial charge in [-0.1, -0.05) is 29.8 Å². The van der Waals surface area contributed by atoms with Crippen molar-refractivity contribution in [2.24, 2.45) is 0 Å². The Labute approximate surface area is 105 Å². The average Bonchev–Trinajstić information content (AvgIpc) is 2.39. The molecule has 18 heavy (non-hydrogen) atoms. The molecule has 2 aromatic rings. The average molecular weight is 242 g/mol. The van der Waals surface area contributed by atoms with Gasteiger partial charge < -0.3 is 11.1 Å². The number of hydrogen-bond acceptors (Lipinski definition) is 4. The number of nitrogens with two attached hydrogens (primary N) is 1. The molecule has 0 fully saturated rings. The molecule has 0 aliphatic carbocycles. The topological polar surface area (TPSA) is 80.9 Å². The van der Waals surface area contributed by atoms with Gasteiger partial charge in [-0.2, -0.15) is 0 Å². The first-order valence-corrected chi connectivity index (χ1v) is 5.53. The Balaban J connectivity index is 2.46. The summed E-state index contributed by atoms with van der Waals surface area (Å²) < 4.78 is 0. The van der Waals surface area contributed by atoms with E-state index in [1.165, 1.54) is 7.05 Å². The summed E-state index contributed by atoms with van der Waals surface area (Å²) in [5.41, 5.74) is 8.47. The van der Waals surface area contributed by atoms with Crippen LogP contribution in [0.15, 0.2) is 30.5 Å². The lowest BCUT2D eigenvalue weighted by Crippen LogP contribution is -2.21. The number of amides is 1. The van der Waals surface area contributed by atoms with Crippen molar-refractivity contribution in [3.63, 3.8) is 0 Å². The molecular weight excluding hydrogens is 228 g/mol. The molecule has 0 aliphatic rings. The zero-order chi connectivity index (χ0) is 13.1. The zero-order valence-electron chi connectivity index (χ0n) is 10.3. The Morgan fingerprint density at radius 2 is 1.94 bits per heavy atom. The number of carbonyl (C=O) groups is 1. The molecule has 0 unspecified atom stereocenters. The van der Waals surface area contributed by atoms with Crippen LogP contribution < -0.4 is 11.1 Å². The highest BCUT2D eigenvalue weighted by Gasteiger charge is 2.12. The molecule has 1 aromatic heterocycles. The minimum Gasteiger partial charge on any atom is -0.382 e. The quantitative estimate of drug-likeness (QED) is 0.834. The van der Waals surface area contributed by atoms with Gasteiger partial charge in [-0.15, -0.1) is 0 Å². The summed E-state index contributed by atoms with van der Waals surface area (Å²) >= 11 is 0. The van der Waals surface area contributed by atoms with E-state index in [0.29, 0.717) is 5.69 Å². The molecule has 0 bridgehead atoms. The van der Waals surface area contributed by atoms with Gasteiger partial charge in [-0.25, -0.2) is 9.97 Å². The van der Waals surface area contributed by atoms with Crippen LogP contribution in [0.3, 0.4) is 0 Å². The van der Waals surface area contributed by atoms with Gasteiger partial charge in [0.05, 0.1) is 11.9 Å². The van der Waals surface area contributed by atoms with E-state index in [4.69, 9.17) is 5.73 Å². The molecule has 0 atom stereocenters. The smallest absolute Gasteiger partial charge is 0.273 e. The van der Waals surface area contributed by atoms with Crippen molar-refractivity contribution in [3.05, 3.63) is 41.7 Å². The van der Waals surface area contributed by atoms with Crippen molar-refractivity contribution in [3.8, 4) is 11.3 Å². The molecule has 92 valence electrons. The molecular formula is C13H14N4O. The third-order valence-electron chi connectivity index (χ3n) is 2.59. The van der Waals surface area contributed by atoms with E-state index in [-0.39, 0.29) is 17.4 Å². The van der Waals surface area contributed by atoms with Crippen LogP contribution in [0, 0.1) is 6.92 Å². The fourth-order valence-electron chi connectivity index (χ4n) is 1.55. The maximum Gasteiger partial charge on any atom is 0.273 e. The zero-order valence-corrected chi connectivity index (χ0v) is 10.3. The minimum absolute atomic E-state index is 0.130. The van der Waals surface area contributed by atoms with Crippen LogP contribution in [0.1, 0.15) is 16.1 Å². The highest BCUT2D eigenvalue weighted by Crippen LogP contribution is 2.18. The van der Waals surface area contributed by atoms with Gasteiger partial charge in [0.1, 0.15) is 0 Å². The molecule has 5 nitrogen and oxygen atoms in total. The summed E-state index contributed by atoms with van der Waals surface area (Å²) in [7, 11) is 1.53. The van der Waals surface area contributed by atoms with Gasteiger partial charge in [0.15, 0.2) is 11.5 Å². The SMILES string of the molecule is CNC(=O)c1nc(-c2ccc(C)cc2)cnc1N. The van der Waals surface area contributed by atoms with E-state index >= 15 is 0 Å². The molecule has 0 saturated carbocycles. The van der Waals surface area contributed by atoms with Gasteiger partial charge in [0.2, 0.25) is 0 Å². The molecule has 0 aliphatic heterocycles. The third kappa shape index (κ3) is 2.29. The van der Waals surface area contributed by atoms with E-state index in [1.807, 2.05) is 31.2 Å². The first-order valence-electron chi connectivity index (χ1n) is 5.53. The highest BCUT2D eigenvalue weighted by atomic mass is 16.1. The van der Waals surface area contributed by atoms with Crippen LogP contribution in [0.2, 0.25) is 0 Å². The summed E-state index contributed by atoms with van der Waals surface area (Å²) in [6.45, 7) is 2.01. The fraction of sp³-hybridized carbons (Fsp3) is 0.154. The van der Waals surface area contributed by atoms with Crippen LogP contribution in [-0.4, -0.2) is 22.9 Å². The van der Waals surface area contributed by atoms with Crippen LogP contribution in [-0.2, 0) is 0 Å². The molecule has 1 aromatic carbocycles. The van der Waals surface area contributed by atoms with Crippen molar-refractivity contribution in [1.82, 2.24) is 15.3 Å². The van der Waals surface area contributed by atoms with Gasteiger partial charge in [-0.3, -0.25) is 4.79 Å². The van der Waals surface area contributed by atoms with E-state index in [9.17, 15) is 4.79 Å². The van der Waals surface area contributed by atoms with Gasteiger partial charge in [-0.05, 0) is 6.92 Å². The summed E-state index contributed by atoms with van der Waals surface area (Å²) in [5, 5.41) is 2.49. The van der Waals surface area contributed by atoms with E-state index in [2.05, 4.69) is 15.3 Å². The van der Waals surface area contributed by atoms with E-state index in [1.54, 1.807) is 6.20 Å². The Morgan fingerprint density at radius 1 is 1.28 bits per heavy atom. The Hall–Kier alpha value is -2.43. The number of aromatic nitrogens is 2. The van der Waals surface area contributed by atoms with Crippen molar-refractivity contribution < 1.29 is 4.79 Å². The molecule has 0 spiro atoms. The van der Waals surface area contributed by atoms with Crippen LogP contribution in [0.5, 0.6) is 0 Å². The number of benzene rings is 1. The first-order chi connectivity index (χ1) is 8.61. The number of anilines is 1. The first kappa shape index (κ1) is 12.0. The molecule has 2 rings (SSSR count). The number of aryl methyl sites for hydroxylation is 1. The summed E-state index contributed by atoms with van der Waals surface area (Å²) in [6, 6.07) is 7.83. The lowest BCUT2D eigenvalue weighted by Gasteiger charge is -2.06. The third-order valence-corrected chi connectivity index (χ3v) is 2.59. The number of nitrogens with zero attached hydrogens (tertiary/aromatic N) is 2. The van der Waals surface area contributed by atoms with E-state index < -0.39 is 0 Å². The predicted octanol–water partition coefficient (Wildman–Crippen LogP) is 1.39. The van der Waals surface area contributed by atoms with Crippen molar-refractivity contribution in [2.75, 3.05) is 12.8 Å².